The highest BCUT2D eigenvalue weighted by Gasteiger charge is 2.07. The molecule has 2 aromatic rings. The Labute approximate surface area is 156 Å². The number of carbonyl (C=O) groups excluding carboxylic acids is 1. The third-order valence-corrected chi connectivity index (χ3v) is 3.44. The van der Waals surface area contributed by atoms with Crippen LogP contribution in [0.2, 0.25) is 10.0 Å². The molecule has 0 atom stereocenters. The van der Waals surface area contributed by atoms with Crippen LogP contribution >= 0.6 is 23.2 Å². The second-order valence-electron chi connectivity index (χ2n) is 5.38. The predicted molar refractivity (Wildman–Crippen MR) is 98.1 cm³/mol. The fourth-order valence-corrected chi connectivity index (χ4v) is 2.30. The number of benzene rings is 2. The van der Waals surface area contributed by atoms with Crippen molar-refractivity contribution >= 4 is 29.3 Å². The molecular formula is C18H19Cl2NO4. The van der Waals surface area contributed by atoms with Crippen LogP contribution in [0.5, 0.6) is 17.2 Å². The molecule has 2 rings (SSSR count). The largest absolute Gasteiger partial charge is 0.490 e. The van der Waals surface area contributed by atoms with Gasteiger partial charge in [-0.05, 0) is 44.2 Å². The molecule has 5 nitrogen and oxygen atoms in total. The minimum absolute atomic E-state index is 0.164. The molecule has 1 amide bonds. The van der Waals surface area contributed by atoms with Crippen molar-refractivity contribution in [1.29, 1.82) is 0 Å². The van der Waals surface area contributed by atoms with E-state index < -0.39 is 6.09 Å². The SMILES string of the molecule is CC(C)OC(=O)NCCOc1ccc(Oc2cccc(Cl)c2)cc1Cl. The van der Waals surface area contributed by atoms with Crippen LogP contribution in [0.1, 0.15) is 13.8 Å². The molecule has 7 heteroatoms. The molecule has 0 heterocycles. The zero-order valence-electron chi connectivity index (χ0n) is 13.9. The summed E-state index contributed by atoms with van der Waals surface area (Å²) in [6.45, 7) is 4.13. The lowest BCUT2D eigenvalue weighted by Crippen LogP contribution is -2.30. The number of hydrogen-bond donors (Lipinski definition) is 1. The molecule has 0 fully saturated rings. The first kappa shape index (κ1) is 19.2. The van der Waals surface area contributed by atoms with Crippen molar-refractivity contribution in [3.05, 3.63) is 52.5 Å². The Hall–Kier alpha value is -2.11. The molecule has 0 unspecified atom stereocenters. The van der Waals surface area contributed by atoms with Crippen molar-refractivity contribution < 1.29 is 19.0 Å². The Morgan fingerprint density at radius 2 is 1.88 bits per heavy atom. The number of amides is 1. The van der Waals surface area contributed by atoms with E-state index in [-0.39, 0.29) is 12.7 Å². The van der Waals surface area contributed by atoms with E-state index in [1.807, 2.05) is 0 Å². The predicted octanol–water partition coefficient (Wildman–Crippen LogP) is 5.30. The molecule has 0 saturated heterocycles. The first-order valence-electron chi connectivity index (χ1n) is 7.74. The number of carbonyl (C=O) groups is 1. The van der Waals surface area contributed by atoms with Crippen molar-refractivity contribution in [2.45, 2.75) is 20.0 Å². The standard InChI is InChI=1S/C18H19Cl2NO4/c1-12(2)24-18(22)21-8-9-23-17-7-6-15(11-16(17)20)25-14-5-3-4-13(19)10-14/h3-7,10-12H,8-9H2,1-2H3,(H,21,22). The van der Waals surface area contributed by atoms with Gasteiger partial charge in [0.15, 0.2) is 0 Å². The fraction of sp³-hybridized carbons (Fsp3) is 0.278. The number of ether oxygens (including phenoxy) is 3. The second-order valence-corrected chi connectivity index (χ2v) is 6.22. The summed E-state index contributed by atoms with van der Waals surface area (Å²) in [6, 6.07) is 12.2. The molecule has 0 aliphatic carbocycles. The number of hydrogen-bond acceptors (Lipinski definition) is 4. The lowest BCUT2D eigenvalue weighted by molar-refractivity contribution is 0.114. The van der Waals surface area contributed by atoms with Crippen molar-refractivity contribution in [3.63, 3.8) is 0 Å². The van der Waals surface area contributed by atoms with E-state index in [4.69, 9.17) is 37.4 Å². The van der Waals surface area contributed by atoms with Gasteiger partial charge >= 0.3 is 6.09 Å². The maximum Gasteiger partial charge on any atom is 0.407 e. The van der Waals surface area contributed by atoms with Crippen LogP contribution in [0, 0.1) is 0 Å². The van der Waals surface area contributed by atoms with Crippen molar-refractivity contribution in [2.75, 3.05) is 13.2 Å². The summed E-state index contributed by atoms with van der Waals surface area (Å²) in [4.78, 5) is 11.3. The van der Waals surface area contributed by atoms with Gasteiger partial charge in [-0.15, -0.1) is 0 Å². The lowest BCUT2D eigenvalue weighted by Gasteiger charge is -2.12. The van der Waals surface area contributed by atoms with Crippen molar-refractivity contribution in [1.82, 2.24) is 5.32 Å². The van der Waals surface area contributed by atoms with E-state index >= 15 is 0 Å². The number of halogens is 2. The fourth-order valence-electron chi connectivity index (χ4n) is 1.90. The molecule has 134 valence electrons. The van der Waals surface area contributed by atoms with Crippen molar-refractivity contribution in [2.24, 2.45) is 0 Å². The van der Waals surface area contributed by atoms with Crippen LogP contribution in [0.4, 0.5) is 4.79 Å². The number of nitrogens with one attached hydrogen (secondary N) is 1. The van der Waals surface area contributed by atoms with Crippen LogP contribution < -0.4 is 14.8 Å². The average Bonchev–Trinajstić information content (AvgIpc) is 2.52. The minimum Gasteiger partial charge on any atom is -0.490 e. The van der Waals surface area contributed by atoms with Gasteiger partial charge in [-0.1, -0.05) is 29.3 Å². The number of alkyl carbamates (subject to hydrolysis) is 1. The molecule has 0 aliphatic heterocycles. The summed E-state index contributed by atoms with van der Waals surface area (Å²) in [5.41, 5.74) is 0. The molecule has 0 saturated carbocycles. The highest BCUT2D eigenvalue weighted by molar-refractivity contribution is 6.32. The topological polar surface area (TPSA) is 56.8 Å². The van der Waals surface area contributed by atoms with Crippen molar-refractivity contribution in [3.8, 4) is 17.2 Å². The summed E-state index contributed by atoms with van der Waals surface area (Å²) in [6.07, 6.45) is -0.641. The summed E-state index contributed by atoms with van der Waals surface area (Å²) in [7, 11) is 0. The molecule has 0 radical (unpaired) electrons. The highest BCUT2D eigenvalue weighted by Crippen LogP contribution is 2.31. The van der Waals surface area contributed by atoms with Gasteiger partial charge in [-0.2, -0.15) is 0 Å². The van der Waals surface area contributed by atoms with E-state index in [0.29, 0.717) is 33.8 Å². The number of rotatable bonds is 7. The normalized spacial score (nSPS) is 10.4. The van der Waals surface area contributed by atoms with E-state index in [2.05, 4.69) is 5.32 Å². The summed E-state index contributed by atoms with van der Waals surface area (Å²) in [5, 5.41) is 3.58. The molecular weight excluding hydrogens is 365 g/mol. The monoisotopic (exact) mass is 383 g/mol. The van der Waals surface area contributed by atoms with Crippen LogP contribution in [0.25, 0.3) is 0 Å². The third-order valence-electron chi connectivity index (χ3n) is 2.91. The molecule has 2 aromatic carbocycles. The zero-order valence-corrected chi connectivity index (χ0v) is 15.4. The molecule has 0 aromatic heterocycles. The second kappa shape index (κ2) is 9.39. The van der Waals surface area contributed by atoms with Gasteiger partial charge in [0.05, 0.1) is 17.7 Å². The maximum atomic E-state index is 11.3. The Kier molecular flexibility index (Phi) is 7.22. The van der Waals surface area contributed by atoms with Gasteiger partial charge < -0.3 is 19.5 Å². The van der Waals surface area contributed by atoms with Crippen LogP contribution in [-0.2, 0) is 4.74 Å². The van der Waals surface area contributed by atoms with Gasteiger partial charge in [0.2, 0.25) is 0 Å². The average molecular weight is 384 g/mol. The maximum absolute atomic E-state index is 11.3. The summed E-state index contributed by atoms with van der Waals surface area (Å²) < 4.78 is 16.2. The lowest BCUT2D eigenvalue weighted by atomic mass is 10.3. The molecule has 0 aliphatic rings. The Bertz CT molecular complexity index is 722. The van der Waals surface area contributed by atoms with Crippen LogP contribution in [0.3, 0.4) is 0 Å². The summed E-state index contributed by atoms with van der Waals surface area (Å²) >= 11 is 12.1. The molecule has 0 spiro atoms. The van der Waals surface area contributed by atoms with E-state index in [9.17, 15) is 4.79 Å². The molecule has 25 heavy (non-hydrogen) atoms. The Balaban J connectivity index is 1.84. The van der Waals surface area contributed by atoms with Crippen LogP contribution in [0.15, 0.2) is 42.5 Å². The van der Waals surface area contributed by atoms with Gasteiger partial charge in [0.25, 0.3) is 0 Å². The smallest absolute Gasteiger partial charge is 0.407 e. The minimum atomic E-state index is -0.477. The van der Waals surface area contributed by atoms with E-state index in [0.717, 1.165) is 0 Å². The van der Waals surface area contributed by atoms with E-state index in [1.165, 1.54) is 0 Å². The van der Waals surface area contributed by atoms with Gasteiger partial charge in [-0.25, -0.2) is 4.79 Å². The Morgan fingerprint density at radius 1 is 1.12 bits per heavy atom. The molecule has 1 N–H and O–H groups in total. The third kappa shape index (κ3) is 6.72. The van der Waals surface area contributed by atoms with Gasteiger partial charge in [0, 0.05) is 11.1 Å². The van der Waals surface area contributed by atoms with Gasteiger partial charge in [0.1, 0.15) is 23.9 Å². The quantitative estimate of drug-likeness (QED) is 0.659. The van der Waals surface area contributed by atoms with Gasteiger partial charge in [-0.3, -0.25) is 0 Å². The first-order valence-corrected chi connectivity index (χ1v) is 8.50. The van der Waals surface area contributed by atoms with Crippen LogP contribution in [-0.4, -0.2) is 25.3 Å². The molecule has 0 bridgehead atoms. The zero-order chi connectivity index (χ0) is 18.2. The Morgan fingerprint density at radius 3 is 2.56 bits per heavy atom. The highest BCUT2D eigenvalue weighted by atomic mass is 35.5. The van der Waals surface area contributed by atoms with E-state index in [1.54, 1.807) is 56.3 Å². The summed E-state index contributed by atoms with van der Waals surface area (Å²) in [5.74, 6) is 1.68. The first-order chi connectivity index (χ1) is 11.9.